The summed E-state index contributed by atoms with van der Waals surface area (Å²) in [5.41, 5.74) is 5.73. The molecule has 35 heavy (non-hydrogen) atoms. The lowest BCUT2D eigenvalue weighted by molar-refractivity contribution is -0.147. The van der Waals surface area contributed by atoms with E-state index in [1.54, 1.807) is 30.3 Å². The number of ether oxygens (including phenoxy) is 2. The fourth-order valence-corrected chi connectivity index (χ4v) is 3.19. The number of carbonyl (C=O) groups excluding carboxylic acids is 3. The van der Waals surface area contributed by atoms with Gasteiger partial charge in [-0.25, -0.2) is 0 Å². The highest BCUT2D eigenvalue weighted by molar-refractivity contribution is 5.94. The summed E-state index contributed by atoms with van der Waals surface area (Å²) in [6.07, 6.45) is -0.185. The van der Waals surface area contributed by atoms with Gasteiger partial charge in [-0.05, 0) is 98.5 Å². The van der Waals surface area contributed by atoms with Gasteiger partial charge in [-0.15, -0.1) is 0 Å². The van der Waals surface area contributed by atoms with Crippen LogP contribution in [0, 0.1) is 27.7 Å². The van der Waals surface area contributed by atoms with Crippen LogP contribution >= 0.6 is 0 Å². The van der Waals surface area contributed by atoms with Crippen molar-refractivity contribution in [3.8, 4) is 11.5 Å². The molecule has 0 heterocycles. The highest BCUT2D eigenvalue weighted by atomic mass is 16.5. The summed E-state index contributed by atoms with van der Waals surface area (Å²) in [4.78, 5) is 36.1. The minimum atomic E-state index is -0.618. The van der Waals surface area contributed by atoms with Gasteiger partial charge in [0, 0.05) is 17.8 Å². The number of amides is 2. The minimum absolute atomic E-state index is 0.0570. The Hall–Kier alpha value is -4.13. The molecular formula is C28H30N2O5. The molecule has 0 saturated carbocycles. The summed E-state index contributed by atoms with van der Waals surface area (Å²) in [6.45, 7) is 7.59. The van der Waals surface area contributed by atoms with Crippen molar-refractivity contribution < 1.29 is 23.9 Å². The molecule has 2 amide bonds. The van der Waals surface area contributed by atoms with Gasteiger partial charge in [0.15, 0.2) is 6.61 Å². The van der Waals surface area contributed by atoms with Crippen molar-refractivity contribution in [3.63, 3.8) is 0 Å². The monoisotopic (exact) mass is 474 g/mol. The quantitative estimate of drug-likeness (QED) is 0.393. The predicted octanol–water partition coefficient (Wildman–Crippen LogP) is 5.61. The van der Waals surface area contributed by atoms with Gasteiger partial charge in [0.05, 0.1) is 6.42 Å². The smallest absolute Gasteiger partial charge is 0.306 e. The average Bonchev–Trinajstić information content (AvgIpc) is 2.82. The molecule has 3 aromatic rings. The number of anilines is 2. The molecule has 3 rings (SSSR count). The van der Waals surface area contributed by atoms with E-state index < -0.39 is 18.5 Å². The van der Waals surface area contributed by atoms with Crippen molar-refractivity contribution in [2.45, 2.75) is 40.5 Å². The van der Waals surface area contributed by atoms with Crippen LogP contribution in [0.15, 0.2) is 60.7 Å². The third kappa shape index (κ3) is 7.99. The molecule has 0 fully saturated rings. The highest BCUT2D eigenvalue weighted by Gasteiger charge is 2.11. The zero-order chi connectivity index (χ0) is 25.4. The first-order chi connectivity index (χ1) is 16.7. The summed E-state index contributed by atoms with van der Waals surface area (Å²) < 4.78 is 10.8. The van der Waals surface area contributed by atoms with Crippen molar-refractivity contribution in [2.24, 2.45) is 0 Å². The zero-order valence-electron chi connectivity index (χ0n) is 20.4. The maximum Gasteiger partial charge on any atom is 0.306 e. The molecule has 2 N–H and O–H groups in total. The van der Waals surface area contributed by atoms with E-state index in [-0.39, 0.29) is 18.7 Å². The maximum absolute atomic E-state index is 12.2. The number of rotatable bonds is 9. The fourth-order valence-electron chi connectivity index (χ4n) is 3.19. The van der Waals surface area contributed by atoms with Crippen LogP contribution in [0.2, 0.25) is 0 Å². The molecular weight excluding hydrogens is 444 g/mol. The van der Waals surface area contributed by atoms with Crippen LogP contribution in [0.1, 0.15) is 35.1 Å². The van der Waals surface area contributed by atoms with E-state index in [0.29, 0.717) is 17.1 Å². The van der Waals surface area contributed by atoms with Gasteiger partial charge < -0.3 is 20.1 Å². The van der Waals surface area contributed by atoms with Crippen molar-refractivity contribution in [1.82, 2.24) is 0 Å². The van der Waals surface area contributed by atoms with Crippen LogP contribution in [0.4, 0.5) is 11.4 Å². The average molecular weight is 475 g/mol. The lowest BCUT2D eigenvalue weighted by Gasteiger charge is -2.10. The van der Waals surface area contributed by atoms with Crippen molar-refractivity contribution in [1.29, 1.82) is 0 Å². The molecule has 0 atom stereocenters. The topological polar surface area (TPSA) is 93.7 Å². The second-order valence-electron chi connectivity index (χ2n) is 8.43. The van der Waals surface area contributed by atoms with E-state index >= 15 is 0 Å². The molecule has 0 bridgehead atoms. The maximum atomic E-state index is 12.2. The highest BCUT2D eigenvalue weighted by Crippen LogP contribution is 2.25. The van der Waals surface area contributed by atoms with Gasteiger partial charge in [-0.2, -0.15) is 0 Å². The van der Waals surface area contributed by atoms with Crippen LogP contribution in [-0.2, 0) is 19.1 Å². The van der Waals surface area contributed by atoms with Gasteiger partial charge in [0.1, 0.15) is 11.5 Å². The molecule has 0 spiro atoms. The van der Waals surface area contributed by atoms with Gasteiger partial charge in [-0.3, -0.25) is 14.4 Å². The van der Waals surface area contributed by atoms with Gasteiger partial charge in [0.25, 0.3) is 5.91 Å². The van der Waals surface area contributed by atoms with Crippen molar-refractivity contribution in [2.75, 3.05) is 17.2 Å². The molecule has 0 saturated heterocycles. The Balaban J connectivity index is 1.38. The molecule has 0 unspecified atom stereocenters. The molecule has 0 radical (unpaired) electrons. The van der Waals surface area contributed by atoms with Crippen LogP contribution in [-0.4, -0.2) is 24.4 Å². The molecule has 182 valence electrons. The Labute approximate surface area is 205 Å². The number of hydrogen-bond acceptors (Lipinski definition) is 5. The van der Waals surface area contributed by atoms with Crippen LogP contribution in [0.25, 0.3) is 0 Å². The van der Waals surface area contributed by atoms with E-state index in [2.05, 4.69) is 10.6 Å². The normalized spacial score (nSPS) is 10.4. The zero-order valence-corrected chi connectivity index (χ0v) is 20.4. The number of hydrogen-bond donors (Lipinski definition) is 2. The van der Waals surface area contributed by atoms with Gasteiger partial charge in [0.2, 0.25) is 5.91 Å². The Bertz CT molecular complexity index is 1220. The number of aryl methyl sites for hydroxylation is 4. The molecule has 0 aliphatic heterocycles. The van der Waals surface area contributed by atoms with Crippen LogP contribution in [0.3, 0.4) is 0 Å². The van der Waals surface area contributed by atoms with Crippen LogP contribution in [0.5, 0.6) is 11.5 Å². The van der Waals surface area contributed by atoms with Gasteiger partial charge in [-0.1, -0.05) is 12.1 Å². The first-order valence-electron chi connectivity index (χ1n) is 11.4. The van der Waals surface area contributed by atoms with Crippen molar-refractivity contribution in [3.05, 3.63) is 82.9 Å². The first kappa shape index (κ1) is 25.5. The Morgan fingerprint density at radius 3 is 1.86 bits per heavy atom. The van der Waals surface area contributed by atoms with E-state index in [9.17, 15) is 14.4 Å². The molecule has 0 aromatic heterocycles. The second kappa shape index (κ2) is 11.8. The lowest BCUT2D eigenvalue weighted by Crippen LogP contribution is -2.21. The summed E-state index contributed by atoms with van der Waals surface area (Å²) in [5, 5.41) is 5.41. The minimum Gasteiger partial charge on any atom is -0.457 e. The number of carbonyl (C=O) groups is 3. The lowest BCUT2D eigenvalue weighted by atomic mass is 10.1. The largest absolute Gasteiger partial charge is 0.457 e. The number of nitrogens with one attached hydrogen (secondary N) is 2. The predicted molar refractivity (Wildman–Crippen MR) is 136 cm³/mol. The Morgan fingerprint density at radius 2 is 1.20 bits per heavy atom. The summed E-state index contributed by atoms with van der Waals surface area (Å²) in [5.74, 6) is 0.00557. The summed E-state index contributed by atoms with van der Waals surface area (Å²) in [7, 11) is 0. The second-order valence-corrected chi connectivity index (χ2v) is 8.43. The first-order valence-corrected chi connectivity index (χ1v) is 11.4. The van der Waals surface area contributed by atoms with Gasteiger partial charge >= 0.3 is 5.97 Å². The molecule has 7 heteroatoms. The number of benzene rings is 3. The molecule has 3 aromatic carbocycles. The standard InChI is InChI=1S/C28H30N2O5/c1-18-5-7-23(15-20(18)3)30-27(32)17-34-28(33)14-13-26(31)29-22-8-11-24(12-9-22)35-25-10-6-19(2)21(4)16-25/h5-12,15-16H,13-14,17H2,1-4H3,(H,29,31)(H,30,32). The molecule has 0 aliphatic carbocycles. The van der Waals surface area contributed by atoms with Crippen molar-refractivity contribution >= 4 is 29.2 Å². The third-order valence-electron chi connectivity index (χ3n) is 5.56. The van der Waals surface area contributed by atoms with E-state index in [1.807, 2.05) is 58.0 Å². The van der Waals surface area contributed by atoms with E-state index in [4.69, 9.17) is 9.47 Å². The van der Waals surface area contributed by atoms with E-state index in [1.165, 1.54) is 5.56 Å². The Morgan fingerprint density at radius 1 is 0.629 bits per heavy atom. The third-order valence-corrected chi connectivity index (χ3v) is 5.56. The fraction of sp³-hybridized carbons (Fsp3) is 0.250. The van der Waals surface area contributed by atoms with Crippen LogP contribution < -0.4 is 15.4 Å². The summed E-state index contributed by atoms with van der Waals surface area (Å²) in [6, 6.07) is 18.4. The Kier molecular flexibility index (Phi) is 8.62. The number of esters is 1. The summed E-state index contributed by atoms with van der Waals surface area (Å²) >= 11 is 0. The molecule has 0 aliphatic rings. The SMILES string of the molecule is Cc1ccc(NC(=O)COC(=O)CCC(=O)Nc2ccc(Oc3ccc(C)c(C)c3)cc2)cc1C. The molecule has 7 nitrogen and oxygen atoms in total. The van der Waals surface area contributed by atoms with E-state index in [0.717, 1.165) is 22.4 Å².